The van der Waals surface area contributed by atoms with Gasteiger partial charge in [-0.05, 0) is 48.2 Å². The average molecular weight is 469 g/mol. The van der Waals surface area contributed by atoms with Gasteiger partial charge in [-0.3, -0.25) is 9.59 Å². The molecule has 3 heterocycles. The number of fused-ring (bicyclic) bond motifs is 3. The Balaban J connectivity index is 1.74. The number of aromatic nitrogens is 1. The summed E-state index contributed by atoms with van der Waals surface area (Å²) in [5.74, 6) is -0.107. The molecule has 1 unspecified atom stereocenters. The van der Waals surface area contributed by atoms with Crippen molar-refractivity contribution in [2.24, 2.45) is 0 Å². The summed E-state index contributed by atoms with van der Waals surface area (Å²) in [5, 5.41) is 1.07. The molecule has 2 aliphatic heterocycles. The van der Waals surface area contributed by atoms with Crippen molar-refractivity contribution in [1.29, 1.82) is 0 Å². The van der Waals surface area contributed by atoms with E-state index in [1.165, 1.54) is 0 Å². The van der Waals surface area contributed by atoms with Crippen molar-refractivity contribution in [1.82, 2.24) is 9.47 Å². The minimum absolute atomic E-state index is 0.0156. The van der Waals surface area contributed by atoms with Crippen LogP contribution in [0, 0.1) is 0 Å². The van der Waals surface area contributed by atoms with Crippen LogP contribution in [0.2, 0.25) is 10.0 Å². The number of halogens is 2. The van der Waals surface area contributed by atoms with Gasteiger partial charge in [-0.2, -0.15) is 0 Å². The summed E-state index contributed by atoms with van der Waals surface area (Å²) in [7, 11) is 1.65. The Morgan fingerprint density at radius 2 is 1.97 bits per heavy atom. The van der Waals surface area contributed by atoms with E-state index in [0.29, 0.717) is 52.1 Å². The van der Waals surface area contributed by atoms with Crippen LogP contribution in [0.4, 0.5) is 0 Å². The smallest absolute Gasteiger partial charge is 0.259 e. The first-order valence-corrected chi connectivity index (χ1v) is 11.4. The van der Waals surface area contributed by atoms with Crippen LogP contribution in [0.3, 0.4) is 0 Å². The maximum absolute atomic E-state index is 13.9. The number of nitrogens with zero attached hydrogens (tertiary/aromatic N) is 2. The van der Waals surface area contributed by atoms with Crippen molar-refractivity contribution in [3.05, 3.63) is 80.1 Å². The van der Waals surface area contributed by atoms with Crippen LogP contribution in [-0.2, 0) is 11.3 Å². The summed E-state index contributed by atoms with van der Waals surface area (Å²) in [5.41, 5.74) is 3.73. The molecular weight excluding hydrogens is 447 g/mol. The fourth-order valence-corrected chi connectivity index (χ4v) is 5.35. The molecule has 0 N–H and O–H groups in total. The molecule has 1 fully saturated rings. The van der Waals surface area contributed by atoms with E-state index in [2.05, 4.69) is 0 Å². The number of rotatable bonds is 4. The highest BCUT2D eigenvalue weighted by atomic mass is 35.5. The summed E-state index contributed by atoms with van der Waals surface area (Å²) in [4.78, 5) is 29.3. The van der Waals surface area contributed by atoms with E-state index < -0.39 is 0 Å². The van der Waals surface area contributed by atoms with Gasteiger partial charge < -0.3 is 14.2 Å². The number of methoxy groups -OCH3 is 1. The van der Waals surface area contributed by atoms with E-state index in [9.17, 15) is 9.59 Å². The molecule has 164 valence electrons. The fraction of sp³-hybridized carbons (Fsp3) is 0.280. The van der Waals surface area contributed by atoms with Crippen LogP contribution in [0.15, 0.2) is 53.3 Å². The minimum Gasteiger partial charge on any atom is -0.383 e. The second-order valence-electron chi connectivity index (χ2n) is 8.25. The minimum atomic E-state index is -0.166. The lowest BCUT2D eigenvalue weighted by Crippen LogP contribution is -2.39. The van der Waals surface area contributed by atoms with Gasteiger partial charge >= 0.3 is 0 Å². The molecule has 1 amide bonds. The maximum Gasteiger partial charge on any atom is 0.259 e. The van der Waals surface area contributed by atoms with Crippen molar-refractivity contribution in [2.75, 3.05) is 20.3 Å². The number of carbonyl (C=O) groups is 1. The van der Waals surface area contributed by atoms with Crippen molar-refractivity contribution < 1.29 is 9.53 Å². The monoisotopic (exact) mass is 468 g/mol. The molecule has 3 aromatic rings. The number of likely N-dealkylation sites (tertiary alicyclic amines) is 1. The molecule has 1 saturated heterocycles. The Morgan fingerprint density at radius 3 is 2.75 bits per heavy atom. The molecule has 32 heavy (non-hydrogen) atoms. The summed E-state index contributed by atoms with van der Waals surface area (Å²) in [6.45, 7) is 1.52. The Bertz CT molecular complexity index is 1280. The summed E-state index contributed by atoms with van der Waals surface area (Å²) in [6.07, 6.45) is 1.82. The van der Waals surface area contributed by atoms with Crippen molar-refractivity contribution >= 4 is 29.1 Å². The molecule has 5 rings (SSSR count). The van der Waals surface area contributed by atoms with Crippen LogP contribution in [0.25, 0.3) is 22.4 Å². The predicted octanol–water partition coefficient (Wildman–Crippen LogP) is 5.10. The van der Waals surface area contributed by atoms with Crippen molar-refractivity contribution in [3.8, 4) is 22.4 Å². The Morgan fingerprint density at radius 1 is 1.16 bits per heavy atom. The number of pyridine rings is 1. The lowest BCUT2D eigenvalue weighted by atomic mass is 9.99. The molecule has 2 aromatic carbocycles. The summed E-state index contributed by atoms with van der Waals surface area (Å²) in [6, 6.07) is 14.5. The van der Waals surface area contributed by atoms with Crippen LogP contribution < -0.4 is 5.56 Å². The summed E-state index contributed by atoms with van der Waals surface area (Å²) >= 11 is 12.8. The molecule has 0 spiro atoms. The highest BCUT2D eigenvalue weighted by Crippen LogP contribution is 2.40. The van der Waals surface area contributed by atoms with Crippen LogP contribution in [0.1, 0.15) is 28.8 Å². The van der Waals surface area contributed by atoms with Crippen LogP contribution in [-0.4, -0.2) is 41.7 Å². The van der Waals surface area contributed by atoms with E-state index in [4.69, 9.17) is 27.9 Å². The second kappa shape index (κ2) is 8.39. The molecule has 1 atom stereocenters. The molecule has 0 radical (unpaired) electrons. The first-order valence-electron chi connectivity index (χ1n) is 10.6. The van der Waals surface area contributed by atoms with E-state index in [0.717, 1.165) is 24.0 Å². The van der Waals surface area contributed by atoms with Crippen molar-refractivity contribution in [3.63, 3.8) is 0 Å². The van der Waals surface area contributed by atoms with Gasteiger partial charge in [-0.1, -0.05) is 47.5 Å². The van der Waals surface area contributed by atoms with E-state index in [1.54, 1.807) is 42.0 Å². The van der Waals surface area contributed by atoms with E-state index in [-0.39, 0.29) is 17.5 Å². The van der Waals surface area contributed by atoms with Gasteiger partial charge in [-0.25, -0.2) is 0 Å². The molecule has 2 aliphatic rings. The lowest BCUT2D eigenvalue weighted by molar-refractivity contribution is 0.0631. The zero-order chi connectivity index (χ0) is 22.4. The zero-order valence-corrected chi connectivity index (χ0v) is 19.1. The van der Waals surface area contributed by atoms with Gasteiger partial charge in [0.1, 0.15) is 0 Å². The third-order valence-electron chi connectivity index (χ3n) is 6.32. The average Bonchev–Trinajstić information content (AvgIpc) is 3.40. The predicted molar refractivity (Wildman–Crippen MR) is 127 cm³/mol. The van der Waals surface area contributed by atoms with Crippen molar-refractivity contribution in [2.45, 2.75) is 25.4 Å². The first-order chi connectivity index (χ1) is 15.5. The molecule has 0 aliphatic carbocycles. The Labute approximate surface area is 196 Å². The fourth-order valence-electron chi connectivity index (χ4n) is 4.87. The SMILES string of the molecule is COCC1CCCN1C(=O)c1cc(-c2cccc(Cl)c2)c(=O)n2c1-c1c(Cl)cccc1C2. The van der Waals surface area contributed by atoms with Gasteiger partial charge in [0.15, 0.2) is 0 Å². The third-order valence-corrected chi connectivity index (χ3v) is 6.87. The highest BCUT2D eigenvalue weighted by molar-refractivity contribution is 6.34. The topological polar surface area (TPSA) is 51.5 Å². The van der Waals surface area contributed by atoms with Gasteiger partial charge in [-0.15, -0.1) is 0 Å². The van der Waals surface area contributed by atoms with Crippen LogP contribution >= 0.6 is 23.2 Å². The standard InChI is InChI=1S/C25H22Cl2N2O3/c1-32-14-18-8-4-10-28(18)25(31)20-12-19(15-5-2-7-17(26)11-15)24(30)29-13-16-6-3-9-21(27)22(16)23(20)29/h2-3,5-7,9,11-12,18H,4,8,10,13-14H2,1H3. The van der Waals surface area contributed by atoms with Gasteiger partial charge in [0.05, 0.1) is 35.5 Å². The lowest BCUT2D eigenvalue weighted by Gasteiger charge is -2.26. The number of hydrogen-bond acceptors (Lipinski definition) is 3. The van der Waals surface area contributed by atoms with Gasteiger partial charge in [0.2, 0.25) is 0 Å². The zero-order valence-electron chi connectivity index (χ0n) is 17.6. The highest BCUT2D eigenvalue weighted by Gasteiger charge is 2.35. The third kappa shape index (κ3) is 3.45. The molecule has 1 aromatic heterocycles. The molecule has 5 nitrogen and oxygen atoms in total. The number of hydrogen-bond donors (Lipinski definition) is 0. The molecule has 0 bridgehead atoms. The number of amides is 1. The molecule has 7 heteroatoms. The largest absolute Gasteiger partial charge is 0.383 e. The molecule has 0 saturated carbocycles. The van der Waals surface area contributed by atoms with E-state index >= 15 is 0 Å². The van der Waals surface area contributed by atoms with Crippen LogP contribution in [0.5, 0.6) is 0 Å². The first kappa shape index (κ1) is 21.3. The Kier molecular flexibility index (Phi) is 5.58. The Hall–Kier alpha value is -2.60. The number of benzene rings is 2. The van der Waals surface area contributed by atoms with Gasteiger partial charge in [0.25, 0.3) is 11.5 Å². The second-order valence-corrected chi connectivity index (χ2v) is 9.09. The van der Waals surface area contributed by atoms with Gasteiger partial charge in [0, 0.05) is 29.8 Å². The normalized spacial score (nSPS) is 16.8. The number of ether oxygens (including phenoxy) is 1. The maximum atomic E-state index is 13.9. The quantitative estimate of drug-likeness (QED) is 0.418. The van der Waals surface area contributed by atoms with E-state index in [1.807, 2.05) is 23.1 Å². The molecular formula is C25H22Cl2N2O3. The summed E-state index contributed by atoms with van der Waals surface area (Å²) < 4.78 is 7.02. The number of carbonyl (C=O) groups excluding carboxylic acids is 1.